The van der Waals surface area contributed by atoms with Gasteiger partial charge in [0.15, 0.2) is 0 Å². The van der Waals surface area contributed by atoms with E-state index in [1.54, 1.807) is 11.1 Å². The summed E-state index contributed by atoms with van der Waals surface area (Å²) < 4.78 is 5.60. The van der Waals surface area contributed by atoms with Crippen LogP contribution in [0, 0.1) is 0 Å². The number of aromatic nitrogens is 2. The molecular weight excluding hydrogens is 390 g/mol. The summed E-state index contributed by atoms with van der Waals surface area (Å²) in [7, 11) is 0. The fraction of sp³-hybridized carbons (Fsp3) is 0.542. The lowest BCUT2D eigenvalue weighted by Crippen LogP contribution is -2.33. The van der Waals surface area contributed by atoms with E-state index in [0.29, 0.717) is 30.5 Å². The number of rotatable bonds is 9. The minimum atomic E-state index is -0.0231. The molecule has 2 aromatic rings. The third kappa shape index (κ3) is 5.53. The van der Waals surface area contributed by atoms with E-state index in [0.717, 1.165) is 37.1 Å². The van der Waals surface area contributed by atoms with Crippen molar-refractivity contribution in [3.05, 3.63) is 41.6 Å². The maximum atomic E-state index is 13.5. The first kappa shape index (κ1) is 21.6. The predicted octanol–water partition coefficient (Wildman–Crippen LogP) is 3.75. The second-order valence-corrected chi connectivity index (χ2v) is 8.67. The molecule has 7 heteroatoms. The maximum Gasteiger partial charge on any atom is 0.259 e. The predicted molar refractivity (Wildman–Crippen MR) is 123 cm³/mol. The molecule has 2 aliphatic heterocycles. The molecule has 1 N–H and O–H groups in total. The lowest BCUT2D eigenvalue weighted by molar-refractivity contribution is 0.0985. The molecule has 31 heavy (non-hydrogen) atoms. The first-order valence-corrected chi connectivity index (χ1v) is 11.5. The molecule has 1 saturated heterocycles. The lowest BCUT2D eigenvalue weighted by Gasteiger charge is -2.23. The van der Waals surface area contributed by atoms with Crippen LogP contribution in [0.4, 0.5) is 11.8 Å². The Balaban J connectivity index is 1.50. The van der Waals surface area contributed by atoms with Crippen molar-refractivity contribution in [3.8, 4) is 5.75 Å². The van der Waals surface area contributed by atoms with Gasteiger partial charge >= 0.3 is 0 Å². The molecule has 0 spiro atoms. The van der Waals surface area contributed by atoms with Crippen molar-refractivity contribution in [1.29, 1.82) is 0 Å². The zero-order valence-electron chi connectivity index (χ0n) is 18.6. The molecule has 166 valence electrons. The third-order valence-corrected chi connectivity index (χ3v) is 5.82. The summed E-state index contributed by atoms with van der Waals surface area (Å²) in [6.07, 6.45) is 7.19. The Morgan fingerprint density at radius 1 is 1.23 bits per heavy atom. The highest BCUT2D eigenvalue weighted by Gasteiger charge is 2.22. The van der Waals surface area contributed by atoms with Gasteiger partial charge in [0.25, 0.3) is 5.91 Å². The first-order chi connectivity index (χ1) is 15.1. The highest BCUT2D eigenvalue weighted by atomic mass is 16.5. The molecule has 0 unspecified atom stereocenters. The van der Waals surface area contributed by atoms with Crippen LogP contribution in [0.25, 0.3) is 0 Å². The molecule has 3 heterocycles. The summed E-state index contributed by atoms with van der Waals surface area (Å²) in [5.74, 6) is 2.05. The minimum Gasteiger partial charge on any atom is -0.493 e. The normalized spacial score (nSPS) is 15.7. The van der Waals surface area contributed by atoms with Crippen LogP contribution >= 0.6 is 0 Å². The van der Waals surface area contributed by atoms with Crippen LogP contribution < -0.4 is 15.0 Å². The van der Waals surface area contributed by atoms with Crippen molar-refractivity contribution >= 4 is 17.7 Å². The molecule has 1 fully saturated rings. The van der Waals surface area contributed by atoms with E-state index < -0.39 is 0 Å². The Kier molecular flexibility index (Phi) is 7.02. The largest absolute Gasteiger partial charge is 0.493 e. The van der Waals surface area contributed by atoms with Crippen LogP contribution in [0.2, 0.25) is 0 Å². The summed E-state index contributed by atoms with van der Waals surface area (Å²) in [5, 5.41) is 3.23. The molecular formula is C24H33N5O2. The van der Waals surface area contributed by atoms with Gasteiger partial charge in [0.05, 0.1) is 6.61 Å². The molecule has 0 saturated carbocycles. The number of nitrogens with one attached hydrogen (secondary N) is 1. The Morgan fingerprint density at radius 3 is 2.87 bits per heavy atom. The monoisotopic (exact) mass is 423 g/mol. The number of carbonyl (C=O) groups is 1. The Bertz CT molecular complexity index is 895. The molecule has 2 aliphatic rings. The lowest BCUT2D eigenvalue weighted by atomic mass is 10.1. The number of anilines is 2. The van der Waals surface area contributed by atoms with Crippen LogP contribution in [0.15, 0.2) is 30.5 Å². The smallest absolute Gasteiger partial charge is 0.259 e. The second kappa shape index (κ2) is 10.1. The van der Waals surface area contributed by atoms with Crippen LogP contribution in [0.3, 0.4) is 0 Å². The van der Waals surface area contributed by atoms with Crippen molar-refractivity contribution in [1.82, 2.24) is 14.9 Å². The van der Waals surface area contributed by atoms with Gasteiger partial charge in [0, 0.05) is 30.8 Å². The molecule has 0 radical (unpaired) electrons. The average Bonchev–Trinajstić information content (AvgIpc) is 3.44. The number of fused-ring (bicyclic) bond motifs is 1. The molecule has 4 rings (SSSR count). The summed E-state index contributed by atoms with van der Waals surface area (Å²) in [5.41, 5.74) is 1.78. The summed E-state index contributed by atoms with van der Waals surface area (Å²) >= 11 is 0. The molecule has 0 aliphatic carbocycles. The number of carbonyl (C=O) groups excluding carboxylic acids is 1. The quantitative estimate of drug-likeness (QED) is 0.620. The molecule has 0 atom stereocenters. The zero-order chi connectivity index (χ0) is 21.6. The van der Waals surface area contributed by atoms with Crippen molar-refractivity contribution in [3.63, 3.8) is 0 Å². The third-order valence-electron chi connectivity index (χ3n) is 5.82. The first-order valence-electron chi connectivity index (χ1n) is 11.5. The Hall–Kier alpha value is -2.67. The van der Waals surface area contributed by atoms with Gasteiger partial charge in [-0.25, -0.2) is 4.98 Å². The number of ether oxygens (including phenoxy) is 1. The minimum absolute atomic E-state index is 0.0231. The number of benzene rings is 1. The number of amides is 1. The molecule has 1 aromatic heterocycles. The summed E-state index contributed by atoms with van der Waals surface area (Å²) in [6.45, 7) is 8.92. The van der Waals surface area contributed by atoms with Crippen molar-refractivity contribution < 1.29 is 9.53 Å². The van der Waals surface area contributed by atoms with Crippen molar-refractivity contribution in [2.45, 2.75) is 52.0 Å². The SMILES string of the molecule is CC(C)Nc1nccc(N(CCCCN2CCCC2)C(=O)c2ccc3c(c2)CCO3)n1. The van der Waals surface area contributed by atoms with Gasteiger partial charge in [0.2, 0.25) is 5.95 Å². The van der Waals surface area contributed by atoms with Gasteiger partial charge in [-0.3, -0.25) is 9.69 Å². The van der Waals surface area contributed by atoms with E-state index >= 15 is 0 Å². The number of nitrogens with zero attached hydrogens (tertiary/aromatic N) is 4. The fourth-order valence-corrected chi connectivity index (χ4v) is 4.23. The van der Waals surface area contributed by atoms with Gasteiger partial charge in [-0.1, -0.05) is 0 Å². The topological polar surface area (TPSA) is 70.6 Å². The van der Waals surface area contributed by atoms with E-state index in [1.165, 1.54) is 25.9 Å². The van der Waals surface area contributed by atoms with E-state index in [2.05, 4.69) is 20.2 Å². The van der Waals surface area contributed by atoms with Crippen molar-refractivity contribution in [2.24, 2.45) is 0 Å². The highest BCUT2D eigenvalue weighted by molar-refractivity contribution is 6.05. The highest BCUT2D eigenvalue weighted by Crippen LogP contribution is 2.27. The van der Waals surface area contributed by atoms with Crippen molar-refractivity contribution in [2.75, 3.05) is 43.0 Å². The van der Waals surface area contributed by atoms with Crippen LogP contribution in [-0.2, 0) is 6.42 Å². The standard InChI is InChI=1S/C24H33N5O2/c1-18(2)26-24-25-11-9-22(27-24)29(15-6-5-14-28-12-3-4-13-28)23(30)20-7-8-21-19(17-20)10-16-31-21/h7-9,11,17-18H,3-6,10,12-16H2,1-2H3,(H,25,26,27). The number of hydrogen-bond acceptors (Lipinski definition) is 6. The summed E-state index contributed by atoms with van der Waals surface area (Å²) in [6, 6.07) is 7.78. The Labute approximate surface area is 184 Å². The van der Waals surface area contributed by atoms with Gasteiger partial charge in [-0.15, -0.1) is 0 Å². The molecule has 1 amide bonds. The number of hydrogen-bond donors (Lipinski definition) is 1. The van der Waals surface area contributed by atoms with Crippen LogP contribution in [0.1, 0.15) is 55.5 Å². The van der Waals surface area contributed by atoms with E-state index in [1.807, 2.05) is 38.1 Å². The second-order valence-electron chi connectivity index (χ2n) is 8.67. The number of unbranched alkanes of at least 4 members (excludes halogenated alkanes) is 1. The van der Waals surface area contributed by atoms with Gasteiger partial charge in [-0.2, -0.15) is 4.98 Å². The Morgan fingerprint density at radius 2 is 2.06 bits per heavy atom. The van der Waals surface area contributed by atoms with E-state index in [4.69, 9.17) is 4.74 Å². The van der Waals surface area contributed by atoms with Gasteiger partial charge in [0.1, 0.15) is 11.6 Å². The molecule has 7 nitrogen and oxygen atoms in total. The fourth-order valence-electron chi connectivity index (χ4n) is 4.23. The van der Waals surface area contributed by atoms with E-state index in [9.17, 15) is 4.79 Å². The van der Waals surface area contributed by atoms with Crippen LogP contribution in [0.5, 0.6) is 5.75 Å². The molecule has 1 aromatic carbocycles. The van der Waals surface area contributed by atoms with Gasteiger partial charge < -0.3 is 15.0 Å². The summed E-state index contributed by atoms with van der Waals surface area (Å²) in [4.78, 5) is 26.8. The average molecular weight is 424 g/mol. The van der Waals surface area contributed by atoms with E-state index in [-0.39, 0.29) is 11.9 Å². The maximum absolute atomic E-state index is 13.5. The molecule has 0 bridgehead atoms. The van der Waals surface area contributed by atoms with Gasteiger partial charge in [-0.05, 0) is 89.0 Å². The number of likely N-dealkylation sites (tertiary alicyclic amines) is 1. The van der Waals surface area contributed by atoms with Crippen LogP contribution in [-0.4, -0.2) is 59.6 Å². The zero-order valence-corrected chi connectivity index (χ0v) is 18.6.